The molecular weight excluding hydrogens is 534 g/mol. The average Bonchev–Trinajstić information content (AvgIpc) is 3.52. The van der Waals surface area contributed by atoms with Crippen molar-refractivity contribution in [3.05, 3.63) is 107 Å². The summed E-state index contributed by atoms with van der Waals surface area (Å²) in [5.41, 5.74) is 7.78. The van der Waals surface area contributed by atoms with Crippen molar-refractivity contribution in [3.63, 3.8) is 0 Å². The molecule has 0 radical (unpaired) electrons. The summed E-state index contributed by atoms with van der Waals surface area (Å²) in [6, 6.07) is 24.0. The van der Waals surface area contributed by atoms with E-state index in [0.29, 0.717) is 10.7 Å². The molecular formula is C32H33N5O3S. The van der Waals surface area contributed by atoms with Gasteiger partial charge in [-0.1, -0.05) is 12.1 Å². The van der Waals surface area contributed by atoms with Crippen molar-refractivity contribution in [2.24, 2.45) is 0 Å². The normalized spacial score (nSPS) is 18.9. The van der Waals surface area contributed by atoms with Crippen LogP contribution < -0.4 is 15.1 Å². The molecule has 0 amide bonds. The Hall–Kier alpha value is -4.21. The minimum absolute atomic E-state index is 0.143. The van der Waals surface area contributed by atoms with Crippen LogP contribution in [0.5, 0.6) is 0 Å². The molecule has 1 N–H and O–H groups in total. The van der Waals surface area contributed by atoms with Gasteiger partial charge in [0.15, 0.2) is 5.11 Å². The Morgan fingerprint density at radius 3 is 2.44 bits per heavy atom. The molecule has 8 nitrogen and oxygen atoms in total. The standard InChI is InChI=1S/C32H33N5O3S/c1-21-19-27(22(2)36(21)26-8-6-7-23(20-26)31(38)39-3)30-29(28-9-4-5-14-33-28)34-32(41)37(30)25-12-10-24(11-13-25)35-15-17-40-18-16-35/h4-14,19-20,29-30H,15-18H2,1-3H3,(H,34,41)/t29-,30+/m0/s1. The van der Waals surface area contributed by atoms with Gasteiger partial charge in [-0.25, -0.2) is 4.79 Å². The maximum Gasteiger partial charge on any atom is 0.337 e. The Balaban J connectivity index is 1.43. The van der Waals surface area contributed by atoms with E-state index in [9.17, 15) is 4.79 Å². The van der Waals surface area contributed by atoms with Crippen LogP contribution in [0.15, 0.2) is 79.0 Å². The molecule has 2 aromatic carbocycles. The van der Waals surface area contributed by atoms with Gasteiger partial charge in [0.05, 0.1) is 43.7 Å². The molecule has 9 heteroatoms. The van der Waals surface area contributed by atoms with E-state index in [1.165, 1.54) is 12.8 Å². The van der Waals surface area contributed by atoms with Crippen LogP contribution in [-0.2, 0) is 9.47 Å². The number of nitrogens with one attached hydrogen (secondary N) is 1. The number of morpholine rings is 1. The first-order valence-corrected chi connectivity index (χ1v) is 14.2. The summed E-state index contributed by atoms with van der Waals surface area (Å²) in [6.07, 6.45) is 1.82. The van der Waals surface area contributed by atoms with Crippen molar-refractivity contribution in [3.8, 4) is 5.69 Å². The smallest absolute Gasteiger partial charge is 0.337 e. The Morgan fingerprint density at radius 1 is 0.976 bits per heavy atom. The van der Waals surface area contributed by atoms with Crippen LogP contribution >= 0.6 is 12.2 Å². The van der Waals surface area contributed by atoms with E-state index in [0.717, 1.165) is 60.3 Å². The van der Waals surface area contributed by atoms with Gasteiger partial charge in [-0.2, -0.15) is 0 Å². The van der Waals surface area contributed by atoms with Crippen LogP contribution in [0.2, 0.25) is 0 Å². The number of ether oxygens (including phenoxy) is 2. The van der Waals surface area contributed by atoms with Crippen molar-refractivity contribution >= 4 is 34.7 Å². The second-order valence-corrected chi connectivity index (χ2v) is 10.7. The molecule has 2 aliphatic rings. The Kier molecular flexibility index (Phi) is 7.47. The van der Waals surface area contributed by atoms with Crippen molar-refractivity contribution in [1.29, 1.82) is 0 Å². The molecule has 4 aromatic rings. The number of thiocarbonyl (C=S) groups is 1. The van der Waals surface area contributed by atoms with Gasteiger partial charge in [0.25, 0.3) is 0 Å². The molecule has 2 fully saturated rings. The number of hydrogen-bond acceptors (Lipinski definition) is 6. The van der Waals surface area contributed by atoms with E-state index < -0.39 is 0 Å². The van der Waals surface area contributed by atoms with E-state index in [4.69, 9.17) is 26.7 Å². The van der Waals surface area contributed by atoms with Gasteiger partial charge in [-0.15, -0.1) is 0 Å². The number of carbonyl (C=O) groups is 1. The number of benzene rings is 2. The highest BCUT2D eigenvalue weighted by atomic mass is 32.1. The minimum Gasteiger partial charge on any atom is -0.465 e. The van der Waals surface area contributed by atoms with E-state index in [1.807, 2.05) is 42.6 Å². The maximum absolute atomic E-state index is 12.3. The zero-order valence-electron chi connectivity index (χ0n) is 23.4. The van der Waals surface area contributed by atoms with Crippen LogP contribution in [0.3, 0.4) is 0 Å². The summed E-state index contributed by atoms with van der Waals surface area (Å²) >= 11 is 5.97. The number of methoxy groups -OCH3 is 1. The summed E-state index contributed by atoms with van der Waals surface area (Å²) in [6.45, 7) is 7.46. The number of esters is 1. The molecule has 2 aromatic heterocycles. The monoisotopic (exact) mass is 567 g/mol. The fourth-order valence-electron chi connectivity index (χ4n) is 5.97. The topological polar surface area (TPSA) is 71.9 Å². The Morgan fingerprint density at radius 2 is 1.73 bits per heavy atom. The predicted molar refractivity (Wildman–Crippen MR) is 164 cm³/mol. The third-order valence-electron chi connectivity index (χ3n) is 7.92. The molecule has 41 heavy (non-hydrogen) atoms. The first kappa shape index (κ1) is 27.0. The summed E-state index contributed by atoms with van der Waals surface area (Å²) in [5.74, 6) is -0.359. The first-order valence-electron chi connectivity index (χ1n) is 13.8. The first-order chi connectivity index (χ1) is 20.0. The lowest BCUT2D eigenvalue weighted by molar-refractivity contribution is 0.0600. The molecule has 2 aliphatic heterocycles. The Labute approximate surface area is 245 Å². The number of aromatic nitrogens is 2. The number of carbonyl (C=O) groups excluding carboxylic acids is 1. The molecule has 0 bridgehead atoms. The summed E-state index contributed by atoms with van der Waals surface area (Å²) in [5, 5.41) is 4.23. The maximum atomic E-state index is 12.3. The van der Waals surface area contributed by atoms with Gasteiger partial charge in [-0.05, 0) is 92.3 Å². The molecule has 2 atom stereocenters. The molecule has 6 rings (SSSR count). The second kappa shape index (κ2) is 11.3. The fraction of sp³-hybridized carbons (Fsp3) is 0.281. The summed E-state index contributed by atoms with van der Waals surface area (Å²) in [4.78, 5) is 21.5. The quantitative estimate of drug-likeness (QED) is 0.249. The lowest BCUT2D eigenvalue weighted by Crippen LogP contribution is -2.36. The lowest BCUT2D eigenvalue weighted by atomic mass is 9.96. The number of rotatable bonds is 6. The molecule has 4 heterocycles. The third kappa shape index (κ3) is 5.07. The van der Waals surface area contributed by atoms with Crippen LogP contribution in [0.4, 0.5) is 11.4 Å². The number of aryl methyl sites for hydroxylation is 1. The van der Waals surface area contributed by atoms with Crippen molar-refractivity contribution in [1.82, 2.24) is 14.9 Å². The summed E-state index contributed by atoms with van der Waals surface area (Å²) in [7, 11) is 1.40. The summed E-state index contributed by atoms with van der Waals surface area (Å²) < 4.78 is 12.7. The van der Waals surface area contributed by atoms with E-state index in [2.05, 4.69) is 63.9 Å². The highest BCUT2D eigenvalue weighted by Gasteiger charge is 2.42. The van der Waals surface area contributed by atoms with Gasteiger partial charge >= 0.3 is 5.97 Å². The SMILES string of the molecule is COC(=O)c1cccc(-n2c(C)cc([C@@H]3[C@H](c4ccccn4)NC(=S)N3c3ccc(N4CCOCC4)cc3)c2C)c1. The zero-order valence-corrected chi connectivity index (χ0v) is 24.2. The highest BCUT2D eigenvalue weighted by molar-refractivity contribution is 7.80. The molecule has 2 saturated heterocycles. The van der Waals surface area contributed by atoms with E-state index in [1.54, 1.807) is 6.07 Å². The molecule has 0 saturated carbocycles. The largest absolute Gasteiger partial charge is 0.465 e. The minimum atomic E-state index is -0.359. The van der Waals surface area contributed by atoms with Gasteiger partial charge in [-0.3, -0.25) is 4.98 Å². The third-order valence-corrected chi connectivity index (χ3v) is 8.23. The molecule has 0 unspecified atom stereocenters. The van der Waals surface area contributed by atoms with Crippen LogP contribution in [0.25, 0.3) is 5.69 Å². The Bertz CT molecular complexity index is 1560. The fourth-order valence-corrected chi connectivity index (χ4v) is 6.31. The molecule has 210 valence electrons. The average molecular weight is 568 g/mol. The van der Waals surface area contributed by atoms with Crippen molar-refractivity contribution in [2.45, 2.75) is 25.9 Å². The van der Waals surface area contributed by atoms with E-state index in [-0.39, 0.29) is 18.1 Å². The second-order valence-electron chi connectivity index (χ2n) is 10.3. The van der Waals surface area contributed by atoms with Crippen LogP contribution in [0.1, 0.15) is 45.1 Å². The van der Waals surface area contributed by atoms with Crippen LogP contribution in [0, 0.1) is 13.8 Å². The molecule has 0 spiro atoms. The number of pyridine rings is 1. The predicted octanol–water partition coefficient (Wildman–Crippen LogP) is 5.29. The van der Waals surface area contributed by atoms with Crippen LogP contribution in [-0.4, -0.2) is 54.0 Å². The van der Waals surface area contributed by atoms with E-state index >= 15 is 0 Å². The number of hydrogen-bond donors (Lipinski definition) is 1. The molecule has 0 aliphatic carbocycles. The van der Waals surface area contributed by atoms with Gasteiger partial charge < -0.3 is 29.2 Å². The van der Waals surface area contributed by atoms with Gasteiger partial charge in [0.1, 0.15) is 0 Å². The van der Waals surface area contributed by atoms with Gasteiger partial charge in [0, 0.05) is 47.7 Å². The van der Waals surface area contributed by atoms with Crippen molar-refractivity contribution in [2.75, 3.05) is 43.2 Å². The van der Waals surface area contributed by atoms with Crippen molar-refractivity contribution < 1.29 is 14.3 Å². The number of anilines is 2. The van der Waals surface area contributed by atoms with Gasteiger partial charge in [0.2, 0.25) is 0 Å². The lowest BCUT2D eigenvalue weighted by Gasteiger charge is -2.31. The zero-order chi connectivity index (χ0) is 28.5. The highest BCUT2D eigenvalue weighted by Crippen LogP contribution is 2.44. The number of nitrogens with zero attached hydrogens (tertiary/aromatic N) is 4.